The van der Waals surface area contributed by atoms with Crippen molar-refractivity contribution in [3.8, 4) is 5.75 Å². The summed E-state index contributed by atoms with van der Waals surface area (Å²) < 4.78 is 12.2. The van der Waals surface area contributed by atoms with Crippen molar-refractivity contribution >= 4 is 0 Å². The minimum Gasteiger partial charge on any atom is -0.489 e. The van der Waals surface area contributed by atoms with E-state index in [9.17, 15) is 0 Å². The van der Waals surface area contributed by atoms with Gasteiger partial charge < -0.3 is 14.8 Å². The minimum absolute atomic E-state index is 0.173. The van der Waals surface area contributed by atoms with Crippen LogP contribution < -0.4 is 10.1 Å². The van der Waals surface area contributed by atoms with Crippen LogP contribution in [0.1, 0.15) is 19.3 Å². The maximum atomic E-state index is 6.11. The molecule has 0 radical (unpaired) electrons. The molecule has 3 atom stereocenters. The van der Waals surface area contributed by atoms with Crippen LogP contribution in [0.5, 0.6) is 5.75 Å². The molecule has 1 aromatic heterocycles. The van der Waals surface area contributed by atoms with Crippen molar-refractivity contribution in [3.63, 3.8) is 0 Å². The quantitative estimate of drug-likeness (QED) is 0.855. The van der Waals surface area contributed by atoms with E-state index in [-0.39, 0.29) is 11.7 Å². The lowest BCUT2D eigenvalue weighted by atomic mass is 9.80. The molecule has 3 rings (SSSR count). The van der Waals surface area contributed by atoms with Crippen molar-refractivity contribution in [3.05, 3.63) is 37.2 Å². The number of aromatic nitrogens is 1. The van der Waals surface area contributed by atoms with Crippen LogP contribution in [-0.2, 0) is 4.74 Å². The molecule has 2 aliphatic heterocycles. The highest BCUT2D eigenvalue weighted by molar-refractivity contribution is 5.17. The highest BCUT2D eigenvalue weighted by Gasteiger charge is 2.43. The molecule has 2 aliphatic rings. The second kappa shape index (κ2) is 5.94. The number of nitrogens with zero attached hydrogens (tertiary/aromatic N) is 1. The number of hydrogen-bond acceptors (Lipinski definition) is 4. The van der Waals surface area contributed by atoms with Crippen molar-refractivity contribution in [1.29, 1.82) is 0 Å². The van der Waals surface area contributed by atoms with E-state index in [2.05, 4.69) is 16.9 Å². The van der Waals surface area contributed by atoms with E-state index in [0.717, 1.165) is 44.7 Å². The van der Waals surface area contributed by atoms with Crippen LogP contribution in [0.4, 0.5) is 0 Å². The zero-order valence-electron chi connectivity index (χ0n) is 11.8. The van der Waals surface area contributed by atoms with Gasteiger partial charge in [-0.2, -0.15) is 0 Å². The van der Waals surface area contributed by atoms with Crippen LogP contribution in [0.3, 0.4) is 0 Å². The van der Waals surface area contributed by atoms with E-state index in [0.29, 0.717) is 5.92 Å². The fourth-order valence-corrected chi connectivity index (χ4v) is 3.27. The first-order chi connectivity index (χ1) is 9.82. The van der Waals surface area contributed by atoms with E-state index in [1.54, 1.807) is 12.4 Å². The number of ether oxygens (including phenoxy) is 2. The Morgan fingerprint density at radius 1 is 1.50 bits per heavy atom. The fraction of sp³-hybridized carbons (Fsp3) is 0.562. The summed E-state index contributed by atoms with van der Waals surface area (Å²) >= 11 is 0. The number of pyridine rings is 1. The molecule has 1 aromatic rings. The summed E-state index contributed by atoms with van der Waals surface area (Å²) in [4.78, 5) is 4.10. The van der Waals surface area contributed by atoms with Gasteiger partial charge in [0.2, 0.25) is 0 Å². The molecule has 3 unspecified atom stereocenters. The summed E-state index contributed by atoms with van der Waals surface area (Å²) in [7, 11) is 0. The molecule has 4 heteroatoms. The number of nitrogens with one attached hydrogen (secondary N) is 1. The SMILES string of the molecule is C=CC1(C2CCNC2)CC(Oc2cccnc2)CCO1. The average molecular weight is 274 g/mol. The number of hydrogen-bond donors (Lipinski definition) is 1. The van der Waals surface area contributed by atoms with Crippen LogP contribution in [0.25, 0.3) is 0 Å². The molecule has 20 heavy (non-hydrogen) atoms. The smallest absolute Gasteiger partial charge is 0.138 e. The van der Waals surface area contributed by atoms with E-state index in [1.807, 2.05) is 18.2 Å². The minimum atomic E-state index is -0.241. The molecule has 0 saturated carbocycles. The van der Waals surface area contributed by atoms with Crippen LogP contribution in [0, 0.1) is 5.92 Å². The summed E-state index contributed by atoms with van der Waals surface area (Å²) in [5.74, 6) is 1.34. The lowest BCUT2D eigenvalue weighted by molar-refractivity contribution is -0.110. The van der Waals surface area contributed by atoms with Gasteiger partial charge in [-0.25, -0.2) is 0 Å². The Balaban J connectivity index is 1.70. The monoisotopic (exact) mass is 274 g/mol. The fourth-order valence-electron chi connectivity index (χ4n) is 3.27. The molecule has 0 bridgehead atoms. The Labute approximate surface area is 120 Å². The maximum absolute atomic E-state index is 6.11. The van der Waals surface area contributed by atoms with Crippen molar-refractivity contribution in [2.24, 2.45) is 5.92 Å². The van der Waals surface area contributed by atoms with Gasteiger partial charge in [0.05, 0.1) is 18.4 Å². The predicted octanol–water partition coefficient (Wildman–Crippen LogP) is 2.17. The first-order valence-corrected chi connectivity index (χ1v) is 7.37. The summed E-state index contributed by atoms with van der Waals surface area (Å²) in [6.07, 6.45) is 8.63. The highest BCUT2D eigenvalue weighted by atomic mass is 16.5. The van der Waals surface area contributed by atoms with Crippen LogP contribution in [-0.4, -0.2) is 36.4 Å². The van der Waals surface area contributed by atoms with Crippen molar-refractivity contribution in [2.75, 3.05) is 19.7 Å². The Hall–Kier alpha value is -1.39. The Bertz CT molecular complexity index is 445. The van der Waals surface area contributed by atoms with Crippen LogP contribution in [0.15, 0.2) is 37.2 Å². The molecular weight excluding hydrogens is 252 g/mol. The van der Waals surface area contributed by atoms with E-state index in [1.165, 1.54) is 0 Å². The van der Waals surface area contributed by atoms with Crippen LogP contribution >= 0.6 is 0 Å². The summed E-state index contributed by atoms with van der Waals surface area (Å²) in [5.41, 5.74) is -0.241. The van der Waals surface area contributed by atoms with Gasteiger partial charge in [-0.3, -0.25) is 4.98 Å². The molecular formula is C16H22N2O2. The molecule has 0 aromatic carbocycles. The van der Waals surface area contributed by atoms with Crippen molar-refractivity contribution in [1.82, 2.24) is 10.3 Å². The molecule has 0 amide bonds. The van der Waals surface area contributed by atoms with Gasteiger partial charge in [0.1, 0.15) is 11.9 Å². The van der Waals surface area contributed by atoms with E-state index >= 15 is 0 Å². The molecule has 4 nitrogen and oxygen atoms in total. The van der Waals surface area contributed by atoms with Gasteiger partial charge in [-0.15, -0.1) is 6.58 Å². The van der Waals surface area contributed by atoms with Gasteiger partial charge in [-0.1, -0.05) is 6.08 Å². The Morgan fingerprint density at radius 2 is 2.45 bits per heavy atom. The lowest BCUT2D eigenvalue weighted by Gasteiger charge is -2.42. The van der Waals surface area contributed by atoms with Crippen LogP contribution in [0.2, 0.25) is 0 Å². The first kappa shape index (κ1) is 13.6. The lowest BCUT2D eigenvalue weighted by Crippen LogP contribution is -2.48. The molecule has 108 valence electrons. The van der Waals surface area contributed by atoms with E-state index in [4.69, 9.17) is 9.47 Å². The highest BCUT2D eigenvalue weighted by Crippen LogP contribution is 2.37. The van der Waals surface area contributed by atoms with Gasteiger partial charge in [0.25, 0.3) is 0 Å². The number of rotatable bonds is 4. The molecule has 2 fully saturated rings. The molecule has 0 aliphatic carbocycles. The standard InChI is InChI=1S/C16H22N2O2/c1-2-16(13-5-8-18-11-13)10-14(6-9-19-16)20-15-4-3-7-17-12-15/h2-4,7,12-14,18H,1,5-6,8-11H2. The predicted molar refractivity (Wildman–Crippen MR) is 77.7 cm³/mol. The zero-order valence-corrected chi connectivity index (χ0v) is 11.8. The Morgan fingerprint density at radius 3 is 3.15 bits per heavy atom. The second-order valence-electron chi connectivity index (χ2n) is 5.62. The Kier molecular flexibility index (Phi) is 4.03. The van der Waals surface area contributed by atoms with Gasteiger partial charge in [-0.05, 0) is 25.1 Å². The first-order valence-electron chi connectivity index (χ1n) is 7.37. The zero-order chi connectivity index (χ0) is 13.8. The summed E-state index contributed by atoms with van der Waals surface area (Å²) in [6.45, 7) is 6.82. The van der Waals surface area contributed by atoms with Gasteiger partial charge >= 0.3 is 0 Å². The third-order valence-electron chi connectivity index (χ3n) is 4.39. The molecule has 1 N–H and O–H groups in total. The van der Waals surface area contributed by atoms with Crippen molar-refractivity contribution in [2.45, 2.75) is 31.0 Å². The topological polar surface area (TPSA) is 43.4 Å². The average Bonchev–Trinajstić information content (AvgIpc) is 3.03. The summed E-state index contributed by atoms with van der Waals surface area (Å²) in [6, 6.07) is 3.85. The third-order valence-corrected chi connectivity index (χ3v) is 4.39. The normalized spacial score (nSPS) is 33.8. The van der Waals surface area contributed by atoms with Crippen molar-refractivity contribution < 1.29 is 9.47 Å². The maximum Gasteiger partial charge on any atom is 0.138 e. The second-order valence-corrected chi connectivity index (χ2v) is 5.62. The summed E-state index contributed by atoms with van der Waals surface area (Å²) in [5, 5.41) is 3.41. The molecule has 3 heterocycles. The molecule has 2 saturated heterocycles. The van der Waals surface area contributed by atoms with E-state index < -0.39 is 0 Å². The molecule has 0 spiro atoms. The third kappa shape index (κ3) is 2.72. The largest absolute Gasteiger partial charge is 0.489 e. The van der Waals surface area contributed by atoms with Gasteiger partial charge in [0.15, 0.2) is 0 Å². The van der Waals surface area contributed by atoms with Gasteiger partial charge in [0, 0.05) is 31.5 Å².